The number of ether oxygens (including phenoxy) is 1. The first kappa shape index (κ1) is 20.1. The molecule has 1 amide bonds. The SMILES string of the molecule is CCCCc1ccc(N2CC(c3nc4ccccc4n3CC(=O)OC)CC2=O)cc1. The van der Waals surface area contributed by atoms with Crippen molar-refractivity contribution >= 4 is 28.6 Å². The number of benzene rings is 2. The van der Waals surface area contributed by atoms with Crippen molar-refractivity contribution in [1.29, 1.82) is 0 Å². The molecule has 1 aromatic heterocycles. The van der Waals surface area contributed by atoms with Crippen LogP contribution in [-0.2, 0) is 27.3 Å². The molecule has 2 heterocycles. The van der Waals surface area contributed by atoms with Gasteiger partial charge in [-0.3, -0.25) is 9.59 Å². The van der Waals surface area contributed by atoms with Crippen LogP contribution in [0.3, 0.4) is 0 Å². The number of imidazole rings is 1. The molecule has 6 nitrogen and oxygen atoms in total. The minimum Gasteiger partial charge on any atom is -0.468 e. The van der Waals surface area contributed by atoms with Gasteiger partial charge < -0.3 is 14.2 Å². The van der Waals surface area contributed by atoms with Crippen LogP contribution in [0.5, 0.6) is 0 Å². The van der Waals surface area contributed by atoms with Crippen molar-refractivity contribution in [3.8, 4) is 0 Å². The van der Waals surface area contributed by atoms with Crippen molar-refractivity contribution < 1.29 is 14.3 Å². The first-order valence-corrected chi connectivity index (χ1v) is 10.5. The van der Waals surface area contributed by atoms with Crippen molar-refractivity contribution in [3.63, 3.8) is 0 Å². The standard InChI is InChI=1S/C24H27N3O3/c1-3-4-7-17-10-12-19(13-11-17)26-15-18(14-22(26)28)24-25-20-8-5-6-9-21(20)27(24)16-23(29)30-2/h5-6,8-13,18H,3-4,7,14-16H2,1-2H3. The van der Waals surface area contributed by atoms with Gasteiger partial charge in [0.05, 0.1) is 18.1 Å². The molecule has 1 unspecified atom stereocenters. The molecule has 1 aliphatic rings. The van der Waals surface area contributed by atoms with Crippen molar-refractivity contribution in [2.75, 3.05) is 18.6 Å². The number of unbranched alkanes of at least 4 members (excludes halogenated alkanes) is 1. The second kappa shape index (κ2) is 8.69. The summed E-state index contributed by atoms with van der Waals surface area (Å²) in [6, 6.07) is 16.0. The van der Waals surface area contributed by atoms with Crippen molar-refractivity contribution in [3.05, 3.63) is 59.9 Å². The Labute approximate surface area is 176 Å². The van der Waals surface area contributed by atoms with Gasteiger partial charge in [-0.1, -0.05) is 37.6 Å². The van der Waals surface area contributed by atoms with E-state index in [-0.39, 0.29) is 24.3 Å². The van der Waals surface area contributed by atoms with Crippen LogP contribution in [0.1, 0.15) is 43.5 Å². The van der Waals surface area contributed by atoms with E-state index in [2.05, 4.69) is 19.1 Å². The van der Waals surface area contributed by atoms with E-state index in [0.717, 1.165) is 29.0 Å². The minimum atomic E-state index is -0.330. The molecular weight excluding hydrogens is 378 g/mol. The number of hydrogen-bond donors (Lipinski definition) is 0. The number of para-hydroxylation sites is 2. The molecule has 0 N–H and O–H groups in total. The lowest BCUT2D eigenvalue weighted by molar-refractivity contribution is -0.141. The number of amides is 1. The monoisotopic (exact) mass is 405 g/mol. The van der Waals surface area contributed by atoms with Crippen LogP contribution >= 0.6 is 0 Å². The Hall–Kier alpha value is -3.15. The zero-order valence-electron chi connectivity index (χ0n) is 17.5. The number of esters is 1. The topological polar surface area (TPSA) is 64.4 Å². The summed E-state index contributed by atoms with van der Waals surface area (Å²) >= 11 is 0. The second-order valence-corrected chi connectivity index (χ2v) is 7.80. The van der Waals surface area contributed by atoms with E-state index < -0.39 is 0 Å². The molecule has 6 heteroatoms. The number of aryl methyl sites for hydroxylation is 1. The lowest BCUT2D eigenvalue weighted by Gasteiger charge is -2.18. The van der Waals surface area contributed by atoms with Gasteiger partial charge in [0, 0.05) is 24.6 Å². The number of anilines is 1. The van der Waals surface area contributed by atoms with E-state index in [0.29, 0.717) is 13.0 Å². The van der Waals surface area contributed by atoms with Crippen LogP contribution in [-0.4, -0.2) is 35.1 Å². The molecule has 1 saturated heterocycles. The molecule has 30 heavy (non-hydrogen) atoms. The average Bonchev–Trinajstić information content (AvgIpc) is 3.33. The largest absolute Gasteiger partial charge is 0.468 e. The molecule has 4 rings (SSSR count). The van der Waals surface area contributed by atoms with Gasteiger partial charge in [0.1, 0.15) is 12.4 Å². The van der Waals surface area contributed by atoms with E-state index in [9.17, 15) is 9.59 Å². The Morgan fingerprint density at radius 3 is 2.67 bits per heavy atom. The third kappa shape index (κ3) is 3.95. The molecule has 0 aliphatic carbocycles. The van der Waals surface area contributed by atoms with Gasteiger partial charge in [-0.05, 0) is 42.7 Å². The Morgan fingerprint density at radius 1 is 1.17 bits per heavy atom. The number of fused-ring (bicyclic) bond motifs is 1. The van der Waals surface area contributed by atoms with Gasteiger partial charge in [0.15, 0.2) is 0 Å². The van der Waals surface area contributed by atoms with Gasteiger partial charge in [0.25, 0.3) is 0 Å². The van der Waals surface area contributed by atoms with Gasteiger partial charge in [-0.25, -0.2) is 4.98 Å². The van der Waals surface area contributed by atoms with E-state index in [1.807, 2.05) is 45.9 Å². The van der Waals surface area contributed by atoms with Gasteiger partial charge in [0.2, 0.25) is 5.91 Å². The molecular formula is C24H27N3O3. The second-order valence-electron chi connectivity index (χ2n) is 7.80. The molecule has 3 aromatic rings. The Morgan fingerprint density at radius 2 is 1.93 bits per heavy atom. The highest BCUT2D eigenvalue weighted by molar-refractivity contribution is 5.96. The smallest absolute Gasteiger partial charge is 0.325 e. The van der Waals surface area contributed by atoms with Crippen LogP contribution in [0.15, 0.2) is 48.5 Å². The number of carbonyl (C=O) groups excluding carboxylic acids is 2. The first-order chi connectivity index (χ1) is 14.6. The molecule has 1 aliphatic heterocycles. The third-order valence-electron chi connectivity index (χ3n) is 5.76. The van der Waals surface area contributed by atoms with Gasteiger partial charge in [-0.15, -0.1) is 0 Å². The van der Waals surface area contributed by atoms with E-state index >= 15 is 0 Å². The number of carbonyl (C=O) groups is 2. The highest BCUT2D eigenvalue weighted by Crippen LogP contribution is 2.33. The molecule has 0 spiro atoms. The Kier molecular flexibility index (Phi) is 5.84. The van der Waals surface area contributed by atoms with Crippen LogP contribution < -0.4 is 4.90 Å². The molecule has 0 radical (unpaired) electrons. The van der Waals surface area contributed by atoms with Crippen LogP contribution in [0.2, 0.25) is 0 Å². The van der Waals surface area contributed by atoms with Crippen molar-refractivity contribution in [1.82, 2.24) is 9.55 Å². The van der Waals surface area contributed by atoms with Gasteiger partial charge in [-0.2, -0.15) is 0 Å². The first-order valence-electron chi connectivity index (χ1n) is 10.5. The highest BCUT2D eigenvalue weighted by atomic mass is 16.5. The lowest BCUT2D eigenvalue weighted by Crippen LogP contribution is -2.24. The molecule has 0 bridgehead atoms. The quantitative estimate of drug-likeness (QED) is 0.556. The number of methoxy groups -OCH3 is 1. The number of rotatable bonds is 7. The van der Waals surface area contributed by atoms with Crippen LogP contribution in [0.4, 0.5) is 5.69 Å². The fourth-order valence-corrected chi connectivity index (χ4v) is 4.12. The normalized spacial score (nSPS) is 16.4. The Balaban J connectivity index is 1.60. The van der Waals surface area contributed by atoms with Gasteiger partial charge >= 0.3 is 5.97 Å². The minimum absolute atomic E-state index is 0.0747. The summed E-state index contributed by atoms with van der Waals surface area (Å²) in [5.41, 5.74) is 3.91. The molecule has 2 aromatic carbocycles. The summed E-state index contributed by atoms with van der Waals surface area (Å²) in [5.74, 6) is 0.438. The summed E-state index contributed by atoms with van der Waals surface area (Å²) in [6.07, 6.45) is 3.77. The summed E-state index contributed by atoms with van der Waals surface area (Å²) in [5, 5.41) is 0. The summed E-state index contributed by atoms with van der Waals surface area (Å²) < 4.78 is 6.76. The van der Waals surface area contributed by atoms with E-state index in [1.54, 1.807) is 0 Å². The molecule has 1 fully saturated rings. The zero-order chi connectivity index (χ0) is 21.1. The lowest BCUT2D eigenvalue weighted by atomic mass is 10.1. The highest BCUT2D eigenvalue weighted by Gasteiger charge is 2.35. The number of hydrogen-bond acceptors (Lipinski definition) is 4. The maximum Gasteiger partial charge on any atom is 0.325 e. The Bertz CT molecular complexity index is 1060. The third-order valence-corrected chi connectivity index (χ3v) is 5.76. The molecule has 1 atom stereocenters. The predicted molar refractivity (Wildman–Crippen MR) is 117 cm³/mol. The van der Waals surface area contributed by atoms with Crippen molar-refractivity contribution in [2.24, 2.45) is 0 Å². The average molecular weight is 405 g/mol. The van der Waals surface area contributed by atoms with E-state index in [4.69, 9.17) is 9.72 Å². The summed E-state index contributed by atoms with van der Waals surface area (Å²) in [4.78, 5) is 31.4. The predicted octanol–water partition coefficient (Wildman–Crippen LogP) is 4.07. The van der Waals surface area contributed by atoms with Crippen LogP contribution in [0.25, 0.3) is 11.0 Å². The number of nitrogens with zero attached hydrogens (tertiary/aromatic N) is 3. The maximum absolute atomic E-state index is 12.8. The van der Waals surface area contributed by atoms with Crippen LogP contribution in [0, 0.1) is 0 Å². The van der Waals surface area contributed by atoms with E-state index in [1.165, 1.54) is 25.5 Å². The fraction of sp³-hybridized carbons (Fsp3) is 0.375. The molecule has 156 valence electrons. The number of aromatic nitrogens is 2. The molecule has 0 saturated carbocycles. The summed E-state index contributed by atoms with van der Waals surface area (Å²) in [7, 11) is 1.38. The summed E-state index contributed by atoms with van der Waals surface area (Å²) in [6.45, 7) is 2.83. The maximum atomic E-state index is 12.8. The zero-order valence-corrected chi connectivity index (χ0v) is 17.5. The fourth-order valence-electron chi connectivity index (χ4n) is 4.12. The van der Waals surface area contributed by atoms with Crippen molar-refractivity contribution in [2.45, 2.75) is 45.1 Å².